The number of carbonyl (C=O) groups excluding carboxylic acids is 3. The highest BCUT2D eigenvalue weighted by Crippen LogP contribution is 2.29. The number of amides is 4. The first-order valence-electron chi connectivity index (χ1n) is 10.7. The van der Waals surface area contributed by atoms with Crippen LogP contribution < -0.4 is 10.2 Å². The van der Waals surface area contributed by atoms with Crippen molar-refractivity contribution in [1.82, 2.24) is 15.1 Å². The zero-order valence-electron chi connectivity index (χ0n) is 18.0. The summed E-state index contributed by atoms with van der Waals surface area (Å²) in [6, 6.07) is 16.6. The van der Waals surface area contributed by atoms with Gasteiger partial charge in [0, 0.05) is 32.4 Å². The van der Waals surface area contributed by atoms with Crippen LogP contribution in [0.5, 0.6) is 0 Å². The van der Waals surface area contributed by atoms with Crippen LogP contribution in [0, 0.1) is 0 Å². The molecule has 162 valence electrons. The van der Waals surface area contributed by atoms with Crippen molar-refractivity contribution in [3.05, 3.63) is 65.7 Å². The molecule has 31 heavy (non-hydrogen) atoms. The number of nitrogens with zero attached hydrogens (tertiary/aromatic N) is 3. The van der Waals surface area contributed by atoms with Gasteiger partial charge in [-0.2, -0.15) is 0 Å². The Morgan fingerprint density at radius 2 is 1.68 bits per heavy atom. The van der Waals surface area contributed by atoms with Crippen LogP contribution in [0.25, 0.3) is 0 Å². The average Bonchev–Trinajstić information content (AvgIpc) is 3.38. The number of rotatable bonds is 6. The van der Waals surface area contributed by atoms with Crippen LogP contribution in [0.1, 0.15) is 30.9 Å². The predicted octanol–water partition coefficient (Wildman–Crippen LogP) is 2.71. The molecular weight excluding hydrogens is 392 g/mol. The molecule has 1 atom stereocenters. The minimum absolute atomic E-state index is 0.281. The predicted molar refractivity (Wildman–Crippen MR) is 118 cm³/mol. The van der Waals surface area contributed by atoms with Gasteiger partial charge in [-0.25, -0.2) is 4.79 Å². The van der Waals surface area contributed by atoms with Crippen LogP contribution in [0.15, 0.2) is 54.6 Å². The van der Waals surface area contributed by atoms with E-state index in [2.05, 4.69) is 16.3 Å². The number of hydrogen-bond donors (Lipinski definition) is 1. The number of benzene rings is 2. The molecule has 7 nitrogen and oxygen atoms in total. The van der Waals surface area contributed by atoms with Gasteiger partial charge in [0.05, 0.1) is 0 Å². The fourth-order valence-electron chi connectivity index (χ4n) is 4.32. The molecule has 2 heterocycles. The van der Waals surface area contributed by atoms with Crippen molar-refractivity contribution in [1.29, 1.82) is 0 Å². The van der Waals surface area contributed by atoms with E-state index < -0.39 is 17.5 Å². The molecule has 0 saturated carbocycles. The summed E-state index contributed by atoms with van der Waals surface area (Å²) in [7, 11) is 1.71. The average molecular weight is 421 g/mol. The van der Waals surface area contributed by atoms with Crippen LogP contribution in [0.4, 0.5) is 10.5 Å². The summed E-state index contributed by atoms with van der Waals surface area (Å²) in [5.74, 6) is -0.694. The Balaban J connectivity index is 1.45. The summed E-state index contributed by atoms with van der Waals surface area (Å²) >= 11 is 0. The van der Waals surface area contributed by atoms with Gasteiger partial charge in [0.1, 0.15) is 12.1 Å². The van der Waals surface area contributed by atoms with Gasteiger partial charge in [-0.1, -0.05) is 48.5 Å². The van der Waals surface area contributed by atoms with Gasteiger partial charge >= 0.3 is 6.03 Å². The largest absolute Gasteiger partial charge is 0.371 e. The summed E-state index contributed by atoms with van der Waals surface area (Å²) < 4.78 is 0. The first-order valence-corrected chi connectivity index (χ1v) is 10.7. The lowest BCUT2D eigenvalue weighted by molar-refractivity contribution is -0.138. The van der Waals surface area contributed by atoms with E-state index in [9.17, 15) is 14.4 Å². The van der Waals surface area contributed by atoms with Crippen molar-refractivity contribution in [2.45, 2.75) is 31.8 Å². The summed E-state index contributed by atoms with van der Waals surface area (Å²) in [5, 5.41) is 2.75. The number of carbonyl (C=O) groups is 3. The Hall–Kier alpha value is -3.35. The maximum Gasteiger partial charge on any atom is 0.325 e. The van der Waals surface area contributed by atoms with Gasteiger partial charge in [0.15, 0.2) is 0 Å². The molecule has 0 aliphatic carbocycles. The van der Waals surface area contributed by atoms with Crippen LogP contribution in [-0.4, -0.2) is 54.3 Å². The van der Waals surface area contributed by atoms with Crippen molar-refractivity contribution >= 4 is 23.5 Å². The highest BCUT2D eigenvalue weighted by atomic mass is 16.2. The number of imide groups is 1. The van der Waals surface area contributed by atoms with Gasteiger partial charge in [0.25, 0.3) is 5.91 Å². The van der Waals surface area contributed by atoms with Gasteiger partial charge in [-0.15, -0.1) is 0 Å². The van der Waals surface area contributed by atoms with E-state index in [1.807, 2.05) is 36.4 Å². The Morgan fingerprint density at radius 3 is 2.39 bits per heavy atom. The number of nitrogens with one attached hydrogen (secondary N) is 1. The van der Waals surface area contributed by atoms with Gasteiger partial charge in [-0.05, 0) is 37.0 Å². The van der Waals surface area contributed by atoms with Gasteiger partial charge < -0.3 is 15.1 Å². The molecule has 0 aromatic heterocycles. The Labute approximate surface area is 182 Å². The highest BCUT2D eigenvalue weighted by molar-refractivity contribution is 6.09. The van der Waals surface area contributed by atoms with Gasteiger partial charge in [0.2, 0.25) is 5.91 Å². The SMILES string of the molecule is CN(Cc1ccccc1N1CCCC1)C(=O)CN1C(=O)NC(C)(c2ccccc2)C1=O. The summed E-state index contributed by atoms with van der Waals surface area (Å²) in [6.45, 7) is 3.86. The fourth-order valence-corrected chi connectivity index (χ4v) is 4.32. The topological polar surface area (TPSA) is 73.0 Å². The van der Waals surface area contributed by atoms with Crippen molar-refractivity contribution in [3.63, 3.8) is 0 Å². The molecule has 2 aromatic rings. The lowest BCUT2D eigenvalue weighted by Gasteiger charge is -2.26. The second kappa shape index (κ2) is 8.41. The maximum atomic E-state index is 13.0. The standard InChI is InChI=1S/C24H28N4O3/c1-24(19-11-4-3-5-12-19)22(30)28(23(31)25-24)17-21(29)26(2)16-18-10-6-7-13-20(18)27-14-8-9-15-27/h3-7,10-13H,8-9,14-17H2,1-2H3,(H,25,31). The van der Waals surface area contributed by atoms with E-state index >= 15 is 0 Å². The van der Waals surface area contributed by atoms with Crippen molar-refractivity contribution in [2.75, 3.05) is 31.6 Å². The summed E-state index contributed by atoms with van der Waals surface area (Å²) in [5.41, 5.74) is 1.73. The third kappa shape index (κ3) is 4.00. The molecule has 0 radical (unpaired) electrons. The molecule has 2 aliphatic rings. The second-order valence-electron chi connectivity index (χ2n) is 8.39. The monoisotopic (exact) mass is 420 g/mol. The number of para-hydroxylation sites is 1. The molecular formula is C24H28N4O3. The normalized spacial score (nSPS) is 20.8. The van der Waals surface area contributed by atoms with Crippen LogP contribution in [-0.2, 0) is 21.7 Å². The zero-order chi connectivity index (χ0) is 22.0. The van der Waals surface area contributed by atoms with Gasteiger partial charge in [-0.3, -0.25) is 14.5 Å². The number of hydrogen-bond acceptors (Lipinski definition) is 4. The highest BCUT2D eigenvalue weighted by Gasteiger charge is 2.49. The molecule has 2 aromatic carbocycles. The quantitative estimate of drug-likeness (QED) is 0.730. The molecule has 4 rings (SSSR count). The van der Waals surface area contributed by atoms with E-state index in [-0.39, 0.29) is 12.5 Å². The molecule has 4 amide bonds. The first-order chi connectivity index (χ1) is 14.9. The lowest BCUT2D eigenvalue weighted by Crippen LogP contribution is -2.43. The van der Waals surface area contributed by atoms with E-state index in [0.29, 0.717) is 12.1 Å². The molecule has 2 saturated heterocycles. The Morgan fingerprint density at radius 1 is 1.03 bits per heavy atom. The number of anilines is 1. The van der Waals surface area contributed by atoms with Crippen LogP contribution in [0.2, 0.25) is 0 Å². The van der Waals surface area contributed by atoms with E-state index in [1.54, 1.807) is 31.0 Å². The minimum Gasteiger partial charge on any atom is -0.371 e. The van der Waals surface area contributed by atoms with E-state index in [4.69, 9.17) is 0 Å². The third-order valence-corrected chi connectivity index (χ3v) is 6.19. The Kier molecular flexibility index (Phi) is 5.67. The molecule has 1 unspecified atom stereocenters. The number of urea groups is 1. The molecule has 1 N–H and O–H groups in total. The molecule has 0 spiro atoms. The Bertz CT molecular complexity index is 987. The van der Waals surface area contributed by atoms with Crippen molar-refractivity contribution in [3.8, 4) is 0 Å². The van der Waals surface area contributed by atoms with Crippen LogP contribution >= 0.6 is 0 Å². The van der Waals surface area contributed by atoms with Crippen molar-refractivity contribution in [2.24, 2.45) is 0 Å². The minimum atomic E-state index is -1.17. The zero-order valence-corrected chi connectivity index (χ0v) is 18.0. The first kappa shape index (κ1) is 20.9. The molecule has 7 heteroatoms. The number of likely N-dealkylation sites (N-methyl/N-ethyl adjacent to an activating group) is 1. The van der Waals surface area contributed by atoms with Crippen LogP contribution in [0.3, 0.4) is 0 Å². The fraction of sp³-hybridized carbons (Fsp3) is 0.375. The molecule has 2 aliphatic heterocycles. The van der Waals surface area contributed by atoms with E-state index in [1.165, 1.54) is 12.8 Å². The lowest BCUT2D eigenvalue weighted by atomic mass is 9.92. The van der Waals surface area contributed by atoms with Crippen molar-refractivity contribution < 1.29 is 14.4 Å². The maximum absolute atomic E-state index is 13.0. The summed E-state index contributed by atoms with van der Waals surface area (Å²) in [4.78, 5) is 43.4. The molecule has 2 fully saturated rings. The third-order valence-electron chi connectivity index (χ3n) is 6.19. The van der Waals surface area contributed by atoms with E-state index in [0.717, 1.165) is 29.2 Å². The second-order valence-corrected chi connectivity index (χ2v) is 8.39. The summed E-state index contributed by atoms with van der Waals surface area (Å²) in [6.07, 6.45) is 2.35. The smallest absolute Gasteiger partial charge is 0.325 e. The molecule has 0 bridgehead atoms.